The molecule has 1 atom stereocenters. The maximum atomic E-state index is 12.8. The maximum Gasteiger partial charge on any atom is 0.319 e. The number of nitrogens with zero attached hydrogens (tertiary/aromatic N) is 2. The molecule has 128 valence electrons. The molecule has 8 nitrogen and oxygen atoms in total. The minimum absolute atomic E-state index is 0.0902. The normalized spacial score (nSPS) is 17.1. The van der Waals surface area contributed by atoms with Gasteiger partial charge in [-0.1, -0.05) is 12.1 Å². The summed E-state index contributed by atoms with van der Waals surface area (Å²) in [4.78, 5) is 36.8. The van der Waals surface area contributed by atoms with Gasteiger partial charge in [-0.3, -0.25) is 14.9 Å². The fraction of sp³-hybridized carbons (Fsp3) is 0.375. The molecule has 1 aromatic rings. The molecule has 1 aliphatic rings. The van der Waals surface area contributed by atoms with Crippen molar-refractivity contribution in [3.8, 4) is 0 Å². The molecule has 0 bridgehead atoms. The highest BCUT2D eigenvalue weighted by Crippen LogP contribution is 2.30. The number of benzene rings is 1. The third-order valence-electron chi connectivity index (χ3n) is 3.96. The number of hydrogen-bond donors (Lipinski definition) is 2. The predicted molar refractivity (Wildman–Crippen MR) is 88.1 cm³/mol. The molecule has 0 aliphatic carbocycles. The summed E-state index contributed by atoms with van der Waals surface area (Å²) in [6, 6.07) is 4.77. The largest absolute Gasteiger partial charge is 0.339 e. The number of nitro groups is 1. The van der Waals surface area contributed by atoms with Gasteiger partial charge in [-0.2, -0.15) is 0 Å². The van der Waals surface area contributed by atoms with Crippen molar-refractivity contribution >= 4 is 17.6 Å². The van der Waals surface area contributed by atoms with Crippen molar-refractivity contribution in [3.05, 3.63) is 51.2 Å². The van der Waals surface area contributed by atoms with Gasteiger partial charge in [0.1, 0.15) is 0 Å². The van der Waals surface area contributed by atoms with Gasteiger partial charge in [-0.15, -0.1) is 0 Å². The summed E-state index contributed by atoms with van der Waals surface area (Å²) >= 11 is 0. The summed E-state index contributed by atoms with van der Waals surface area (Å²) in [7, 11) is 0. The van der Waals surface area contributed by atoms with Crippen LogP contribution in [-0.2, 0) is 4.79 Å². The number of likely N-dealkylation sites (N-methyl/N-ethyl adjacent to an activating group) is 1. The molecule has 0 spiro atoms. The average Bonchev–Trinajstić information content (AvgIpc) is 2.55. The third kappa shape index (κ3) is 3.37. The Labute approximate surface area is 139 Å². The van der Waals surface area contributed by atoms with E-state index in [1.165, 1.54) is 18.2 Å². The Morgan fingerprint density at radius 1 is 1.33 bits per heavy atom. The van der Waals surface area contributed by atoms with Crippen molar-refractivity contribution in [1.82, 2.24) is 15.5 Å². The lowest BCUT2D eigenvalue weighted by atomic mass is 9.94. The third-order valence-corrected chi connectivity index (χ3v) is 3.96. The highest BCUT2D eigenvalue weighted by Gasteiger charge is 2.33. The van der Waals surface area contributed by atoms with Gasteiger partial charge >= 0.3 is 6.03 Å². The summed E-state index contributed by atoms with van der Waals surface area (Å²) < 4.78 is 0. The van der Waals surface area contributed by atoms with Crippen LogP contribution in [0.2, 0.25) is 0 Å². The van der Waals surface area contributed by atoms with E-state index >= 15 is 0 Å². The number of amides is 3. The molecule has 1 heterocycles. The van der Waals surface area contributed by atoms with Gasteiger partial charge in [0.2, 0.25) is 0 Å². The van der Waals surface area contributed by atoms with E-state index in [1.807, 2.05) is 13.8 Å². The average molecular weight is 332 g/mol. The Hall–Kier alpha value is -2.90. The van der Waals surface area contributed by atoms with Crippen LogP contribution >= 0.6 is 0 Å². The molecular weight excluding hydrogens is 312 g/mol. The van der Waals surface area contributed by atoms with Crippen LogP contribution in [0.3, 0.4) is 0 Å². The Balaban J connectivity index is 2.51. The van der Waals surface area contributed by atoms with Crippen LogP contribution in [0.1, 0.15) is 32.4 Å². The Morgan fingerprint density at radius 3 is 2.58 bits per heavy atom. The fourth-order valence-electron chi connectivity index (χ4n) is 2.73. The standard InChI is InChI=1S/C16H20N4O4/c1-4-19(5-2)15(21)13-10(3)17-16(22)18-14(13)11-7-6-8-12(9-11)20(23)24/h6-9,14H,4-5H2,1-3H3,(H2,17,18,22)/t14-/m0/s1. The molecular formula is C16H20N4O4. The number of hydrogen-bond acceptors (Lipinski definition) is 4. The van der Waals surface area contributed by atoms with Crippen molar-refractivity contribution in [1.29, 1.82) is 0 Å². The molecule has 0 saturated heterocycles. The molecule has 1 aliphatic heterocycles. The number of urea groups is 1. The van der Waals surface area contributed by atoms with Crippen molar-refractivity contribution in [2.75, 3.05) is 13.1 Å². The predicted octanol–water partition coefficient (Wildman–Crippen LogP) is 2.09. The fourth-order valence-corrected chi connectivity index (χ4v) is 2.73. The van der Waals surface area contributed by atoms with Crippen LogP contribution in [0.4, 0.5) is 10.5 Å². The zero-order valence-electron chi connectivity index (χ0n) is 13.8. The Kier molecular flexibility index (Phi) is 5.18. The molecule has 1 aromatic carbocycles. The van der Waals surface area contributed by atoms with Gasteiger partial charge in [-0.05, 0) is 26.3 Å². The molecule has 2 N–H and O–H groups in total. The molecule has 2 rings (SSSR count). The number of carbonyl (C=O) groups excluding carboxylic acids is 2. The van der Waals surface area contributed by atoms with Gasteiger partial charge in [0.15, 0.2) is 0 Å². The lowest BCUT2D eigenvalue weighted by Gasteiger charge is -2.31. The molecule has 0 fully saturated rings. The number of non-ortho nitro benzene ring substituents is 1. The Bertz CT molecular complexity index is 710. The van der Waals surface area contributed by atoms with E-state index in [1.54, 1.807) is 17.9 Å². The summed E-state index contributed by atoms with van der Waals surface area (Å²) in [6.45, 7) is 6.45. The van der Waals surface area contributed by atoms with Crippen LogP contribution in [-0.4, -0.2) is 34.9 Å². The van der Waals surface area contributed by atoms with Crippen LogP contribution in [0, 0.1) is 10.1 Å². The van der Waals surface area contributed by atoms with E-state index in [-0.39, 0.29) is 11.6 Å². The summed E-state index contributed by atoms with van der Waals surface area (Å²) in [6.07, 6.45) is 0. The van der Waals surface area contributed by atoms with Crippen molar-refractivity contribution in [2.45, 2.75) is 26.8 Å². The van der Waals surface area contributed by atoms with Crippen molar-refractivity contribution in [2.24, 2.45) is 0 Å². The highest BCUT2D eigenvalue weighted by atomic mass is 16.6. The topological polar surface area (TPSA) is 105 Å². The van der Waals surface area contributed by atoms with Crippen molar-refractivity contribution in [3.63, 3.8) is 0 Å². The van der Waals surface area contributed by atoms with Crippen LogP contribution in [0.15, 0.2) is 35.5 Å². The summed E-state index contributed by atoms with van der Waals surface area (Å²) in [5.41, 5.74) is 1.24. The van der Waals surface area contributed by atoms with E-state index in [9.17, 15) is 19.7 Å². The quantitative estimate of drug-likeness (QED) is 0.636. The van der Waals surface area contributed by atoms with Gasteiger partial charge in [0, 0.05) is 30.9 Å². The number of carbonyl (C=O) groups is 2. The molecule has 8 heteroatoms. The first-order chi connectivity index (χ1) is 11.4. The second-order valence-corrected chi connectivity index (χ2v) is 5.40. The van der Waals surface area contributed by atoms with Crippen LogP contribution in [0.25, 0.3) is 0 Å². The SMILES string of the molecule is CCN(CC)C(=O)C1=C(C)NC(=O)N[C@H]1c1cccc([N+](=O)[O-])c1. The lowest BCUT2D eigenvalue weighted by Crippen LogP contribution is -2.47. The van der Waals surface area contributed by atoms with E-state index in [0.29, 0.717) is 29.9 Å². The van der Waals surface area contributed by atoms with E-state index in [0.717, 1.165) is 0 Å². The lowest BCUT2D eigenvalue weighted by molar-refractivity contribution is -0.384. The Morgan fingerprint density at radius 2 is 2.00 bits per heavy atom. The first-order valence-corrected chi connectivity index (χ1v) is 7.70. The van der Waals surface area contributed by atoms with E-state index in [2.05, 4.69) is 10.6 Å². The molecule has 3 amide bonds. The molecule has 0 aromatic heterocycles. The highest BCUT2D eigenvalue weighted by molar-refractivity contribution is 5.98. The number of nitro benzene ring substituents is 1. The zero-order chi connectivity index (χ0) is 17.9. The minimum Gasteiger partial charge on any atom is -0.339 e. The monoisotopic (exact) mass is 332 g/mol. The van der Waals surface area contributed by atoms with Gasteiger partial charge in [-0.25, -0.2) is 4.79 Å². The van der Waals surface area contributed by atoms with Crippen molar-refractivity contribution < 1.29 is 14.5 Å². The first-order valence-electron chi connectivity index (χ1n) is 7.70. The van der Waals surface area contributed by atoms with Crippen LogP contribution < -0.4 is 10.6 Å². The molecule has 0 radical (unpaired) electrons. The second-order valence-electron chi connectivity index (χ2n) is 5.40. The van der Waals surface area contributed by atoms with Gasteiger partial charge < -0.3 is 15.5 Å². The molecule has 24 heavy (non-hydrogen) atoms. The van der Waals surface area contributed by atoms with Crippen LogP contribution in [0.5, 0.6) is 0 Å². The number of allylic oxidation sites excluding steroid dienone is 1. The molecule has 0 unspecified atom stereocenters. The molecule has 0 saturated carbocycles. The number of nitrogens with one attached hydrogen (secondary N) is 2. The summed E-state index contributed by atoms with van der Waals surface area (Å²) in [5, 5.41) is 16.3. The maximum absolute atomic E-state index is 12.8. The van der Waals surface area contributed by atoms with E-state index < -0.39 is 17.0 Å². The second kappa shape index (κ2) is 7.12. The van der Waals surface area contributed by atoms with Gasteiger partial charge in [0.25, 0.3) is 11.6 Å². The number of rotatable bonds is 5. The van der Waals surface area contributed by atoms with E-state index in [4.69, 9.17) is 0 Å². The van der Waals surface area contributed by atoms with Gasteiger partial charge in [0.05, 0.1) is 16.5 Å². The first kappa shape index (κ1) is 17.5. The zero-order valence-corrected chi connectivity index (χ0v) is 13.8. The smallest absolute Gasteiger partial charge is 0.319 e. The summed E-state index contributed by atoms with van der Waals surface area (Å²) in [5.74, 6) is -0.207. The minimum atomic E-state index is -0.730.